The summed E-state index contributed by atoms with van der Waals surface area (Å²) >= 11 is 0. The Kier molecular flexibility index (Phi) is 3.04. The van der Waals surface area contributed by atoms with Gasteiger partial charge < -0.3 is 9.64 Å². The molecular weight excluding hydrogens is 259 g/mol. The second kappa shape index (κ2) is 4.67. The van der Waals surface area contributed by atoms with Gasteiger partial charge >= 0.3 is 0 Å². The molecule has 0 bridgehead atoms. The van der Waals surface area contributed by atoms with E-state index in [1.54, 1.807) is 4.90 Å². The molecule has 0 N–H and O–H groups in total. The zero-order chi connectivity index (χ0) is 13.7. The van der Waals surface area contributed by atoms with Crippen molar-refractivity contribution in [1.29, 1.82) is 0 Å². The van der Waals surface area contributed by atoms with E-state index >= 15 is 0 Å². The number of fused-ring (bicyclic) bond motifs is 1. The van der Waals surface area contributed by atoms with Gasteiger partial charge in [0.25, 0.3) is 5.91 Å². The number of amides is 1. The van der Waals surface area contributed by atoms with E-state index in [-0.39, 0.29) is 18.1 Å². The molecule has 112 valence electrons. The van der Waals surface area contributed by atoms with Gasteiger partial charge in [-0.2, -0.15) is 0 Å². The molecule has 4 aliphatic rings. The minimum absolute atomic E-state index is 0.237. The molecule has 1 amide bonds. The summed E-state index contributed by atoms with van der Waals surface area (Å²) in [5, 5.41) is 0. The van der Waals surface area contributed by atoms with Gasteiger partial charge in [0.2, 0.25) is 0 Å². The number of piperidine rings is 1. The van der Waals surface area contributed by atoms with Gasteiger partial charge in [-0.15, -0.1) is 0 Å². The fourth-order valence-electron chi connectivity index (χ4n) is 3.59. The fourth-order valence-corrected chi connectivity index (χ4v) is 3.59. The van der Waals surface area contributed by atoms with Crippen molar-refractivity contribution >= 4 is 5.91 Å². The Morgan fingerprint density at radius 2 is 2.05 bits per heavy atom. The lowest BCUT2D eigenvalue weighted by atomic mass is 9.97. The lowest BCUT2D eigenvalue weighted by Crippen LogP contribution is -2.62. The van der Waals surface area contributed by atoms with Crippen molar-refractivity contribution in [2.75, 3.05) is 32.8 Å². The Morgan fingerprint density at radius 1 is 1.25 bits per heavy atom. The molecule has 2 saturated carbocycles. The first-order valence-corrected chi connectivity index (χ1v) is 8.00. The van der Waals surface area contributed by atoms with Crippen LogP contribution >= 0.6 is 0 Å². The van der Waals surface area contributed by atoms with E-state index in [1.165, 1.54) is 12.8 Å². The molecule has 0 aromatic heterocycles. The Bertz CT molecular complexity index is 409. The molecule has 2 saturated heterocycles. The lowest BCUT2D eigenvalue weighted by molar-refractivity contribution is -0.149. The second-order valence-corrected chi connectivity index (χ2v) is 6.92. The number of alkyl halides is 1. The van der Waals surface area contributed by atoms with Crippen molar-refractivity contribution < 1.29 is 13.9 Å². The largest absolute Gasteiger partial charge is 0.375 e. The van der Waals surface area contributed by atoms with Crippen molar-refractivity contribution in [3.05, 3.63) is 0 Å². The average Bonchev–Trinajstić information content (AvgIpc) is 3.37. The average molecular weight is 282 g/mol. The minimum atomic E-state index is -1.52. The zero-order valence-corrected chi connectivity index (χ0v) is 11.9. The van der Waals surface area contributed by atoms with Gasteiger partial charge in [0.1, 0.15) is 0 Å². The molecule has 2 heterocycles. The van der Waals surface area contributed by atoms with Gasteiger partial charge in [0.05, 0.1) is 18.8 Å². The van der Waals surface area contributed by atoms with Crippen LogP contribution in [-0.2, 0) is 9.53 Å². The summed E-state index contributed by atoms with van der Waals surface area (Å²) in [5.74, 6) is 0.573. The van der Waals surface area contributed by atoms with Crippen LogP contribution in [0, 0.1) is 5.92 Å². The smallest absolute Gasteiger partial charge is 0.260 e. The van der Waals surface area contributed by atoms with Crippen LogP contribution in [0.4, 0.5) is 4.39 Å². The summed E-state index contributed by atoms with van der Waals surface area (Å²) in [5.41, 5.74) is -1.52. The summed E-state index contributed by atoms with van der Waals surface area (Å²) in [7, 11) is 0. The van der Waals surface area contributed by atoms with Crippen LogP contribution in [0.2, 0.25) is 0 Å². The van der Waals surface area contributed by atoms with Gasteiger partial charge in [-0.3, -0.25) is 9.69 Å². The van der Waals surface area contributed by atoms with Gasteiger partial charge in [0.15, 0.2) is 5.67 Å². The van der Waals surface area contributed by atoms with Gasteiger partial charge in [0, 0.05) is 26.2 Å². The topological polar surface area (TPSA) is 32.8 Å². The quantitative estimate of drug-likeness (QED) is 0.780. The number of hydrogen-bond acceptors (Lipinski definition) is 3. The zero-order valence-electron chi connectivity index (χ0n) is 11.9. The molecule has 5 heteroatoms. The maximum absolute atomic E-state index is 14.0. The first-order chi connectivity index (χ1) is 9.66. The van der Waals surface area contributed by atoms with E-state index in [0.717, 1.165) is 32.0 Å². The second-order valence-electron chi connectivity index (χ2n) is 6.92. The Labute approximate surface area is 119 Å². The molecule has 20 heavy (non-hydrogen) atoms. The van der Waals surface area contributed by atoms with Gasteiger partial charge in [-0.05, 0) is 38.0 Å². The number of carbonyl (C=O) groups excluding carboxylic acids is 1. The predicted molar refractivity (Wildman–Crippen MR) is 72.1 cm³/mol. The SMILES string of the molecule is O=C(N1CC[C@@H]2OCCN(CC3CC3)[C@H]2C1)C1(F)CC1. The number of hydrogen-bond donors (Lipinski definition) is 0. The highest BCUT2D eigenvalue weighted by molar-refractivity contribution is 5.88. The molecule has 4 rings (SSSR count). The number of rotatable bonds is 3. The third-order valence-corrected chi connectivity index (χ3v) is 5.25. The van der Waals surface area contributed by atoms with Crippen molar-refractivity contribution in [2.45, 2.75) is 49.9 Å². The van der Waals surface area contributed by atoms with Crippen LogP contribution in [-0.4, -0.2) is 66.3 Å². The number of halogens is 1. The third kappa shape index (κ3) is 2.35. The van der Waals surface area contributed by atoms with Crippen LogP contribution < -0.4 is 0 Å². The summed E-state index contributed by atoms with van der Waals surface area (Å²) < 4.78 is 19.9. The summed E-state index contributed by atoms with van der Waals surface area (Å²) in [6.07, 6.45) is 4.60. The predicted octanol–water partition coefficient (Wildman–Crippen LogP) is 1.20. The summed E-state index contributed by atoms with van der Waals surface area (Å²) in [4.78, 5) is 16.4. The monoisotopic (exact) mass is 282 g/mol. The van der Waals surface area contributed by atoms with E-state index in [2.05, 4.69) is 4.90 Å². The van der Waals surface area contributed by atoms with Crippen molar-refractivity contribution in [3.63, 3.8) is 0 Å². The first kappa shape index (κ1) is 13.0. The highest BCUT2D eigenvalue weighted by Gasteiger charge is 2.54. The highest BCUT2D eigenvalue weighted by atomic mass is 19.1. The molecule has 2 atom stereocenters. The van der Waals surface area contributed by atoms with Crippen molar-refractivity contribution in [2.24, 2.45) is 5.92 Å². The number of ether oxygens (including phenoxy) is 1. The van der Waals surface area contributed by atoms with Crippen molar-refractivity contribution in [3.8, 4) is 0 Å². The lowest BCUT2D eigenvalue weighted by Gasteiger charge is -2.47. The summed E-state index contributed by atoms with van der Waals surface area (Å²) in [6, 6.07) is 0.282. The molecule has 0 aromatic rings. The van der Waals surface area contributed by atoms with Crippen LogP contribution in [0.1, 0.15) is 32.1 Å². The van der Waals surface area contributed by atoms with Crippen LogP contribution in [0.25, 0.3) is 0 Å². The van der Waals surface area contributed by atoms with Gasteiger partial charge in [-0.1, -0.05) is 0 Å². The molecule has 4 nitrogen and oxygen atoms in total. The maximum Gasteiger partial charge on any atom is 0.260 e. The van der Waals surface area contributed by atoms with Crippen LogP contribution in [0.3, 0.4) is 0 Å². The van der Waals surface area contributed by atoms with E-state index in [4.69, 9.17) is 4.74 Å². The molecule has 0 radical (unpaired) electrons. The van der Waals surface area contributed by atoms with E-state index in [9.17, 15) is 9.18 Å². The van der Waals surface area contributed by atoms with E-state index in [1.807, 2.05) is 0 Å². The molecule has 4 fully saturated rings. The maximum atomic E-state index is 14.0. The molecular formula is C15H23FN2O2. The van der Waals surface area contributed by atoms with E-state index < -0.39 is 5.67 Å². The molecule has 2 aliphatic heterocycles. The molecule has 0 aromatic carbocycles. The van der Waals surface area contributed by atoms with E-state index in [0.29, 0.717) is 25.9 Å². The third-order valence-electron chi connectivity index (χ3n) is 5.25. The normalized spacial score (nSPS) is 36.5. The number of likely N-dealkylation sites (tertiary alicyclic amines) is 1. The Hall–Kier alpha value is -0.680. The molecule has 0 unspecified atom stereocenters. The van der Waals surface area contributed by atoms with Crippen LogP contribution in [0.15, 0.2) is 0 Å². The molecule has 0 spiro atoms. The van der Waals surface area contributed by atoms with Crippen molar-refractivity contribution in [1.82, 2.24) is 9.80 Å². The number of morpholine rings is 1. The minimum Gasteiger partial charge on any atom is -0.375 e. The molecule has 2 aliphatic carbocycles. The van der Waals surface area contributed by atoms with Crippen LogP contribution in [0.5, 0.6) is 0 Å². The fraction of sp³-hybridized carbons (Fsp3) is 0.933. The van der Waals surface area contributed by atoms with Gasteiger partial charge in [-0.25, -0.2) is 4.39 Å². The Morgan fingerprint density at radius 3 is 2.75 bits per heavy atom. The highest BCUT2D eigenvalue weighted by Crippen LogP contribution is 2.42. The standard InChI is InChI=1S/C15H23FN2O2/c16-15(4-5-15)14(19)18-6-3-13-12(10-18)17(7-8-20-13)9-11-1-2-11/h11-13H,1-10H2/t12-,13-/m0/s1. The Balaban J connectivity index is 1.44. The first-order valence-electron chi connectivity index (χ1n) is 8.00. The summed E-state index contributed by atoms with van der Waals surface area (Å²) in [6.45, 7) is 4.20. The number of carbonyl (C=O) groups is 1. The number of nitrogens with zero attached hydrogens (tertiary/aromatic N) is 2.